The molecule has 2 aromatic rings. The van der Waals surface area contributed by atoms with Crippen LogP contribution in [0.2, 0.25) is 5.28 Å². The van der Waals surface area contributed by atoms with Crippen molar-refractivity contribution in [3.63, 3.8) is 0 Å². The third-order valence-corrected chi connectivity index (χ3v) is 2.88. The highest BCUT2D eigenvalue weighted by Crippen LogP contribution is 2.21. The van der Waals surface area contributed by atoms with Crippen molar-refractivity contribution in [2.45, 2.75) is 12.5 Å². The molecular formula is C9H9ClN4O2. The predicted octanol–water partition coefficient (Wildman–Crippen LogP) is 0.734. The van der Waals surface area contributed by atoms with Crippen LogP contribution in [0.5, 0.6) is 0 Å². The molecule has 0 aromatic carbocycles. The molecule has 1 fully saturated rings. The summed E-state index contributed by atoms with van der Waals surface area (Å²) in [6, 6.07) is 0.0345. The highest BCUT2D eigenvalue weighted by Gasteiger charge is 2.22. The number of imidazole rings is 1. The predicted molar refractivity (Wildman–Crippen MR) is 57.6 cm³/mol. The van der Waals surface area contributed by atoms with Gasteiger partial charge in [-0.1, -0.05) is 0 Å². The molecule has 7 heteroatoms. The molecule has 0 aliphatic carbocycles. The number of hydrogen-bond acceptors (Lipinski definition) is 4. The second-order valence-corrected chi connectivity index (χ2v) is 4.03. The Kier molecular flexibility index (Phi) is 2.19. The third kappa shape index (κ3) is 1.42. The number of rotatable bonds is 1. The lowest BCUT2D eigenvalue weighted by Gasteiger charge is -2.08. The fourth-order valence-electron chi connectivity index (χ4n) is 1.96. The van der Waals surface area contributed by atoms with Crippen LogP contribution in [0.3, 0.4) is 0 Å². The number of nitrogens with one attached hydrogen (secondary N) is 1. The number of aromatic amines is 1. The summed E-state index contributed by atoms with van der Waals surface area (Å²) in [6.45, 7) is 1.21. The number of halogens is 1. The molecule has 1 aliphatic heterocycles. The van der Waals surface area contributed by atoms with Gasteiger partial charge >= 0.3 is 5.69 Å². The van der Waals surface area contributed by atoms with Gasteiger partial charge in [-0.2, -0.15) is 4.98 Å². The standard InChI is InChI=1S/C9H9ClN4O2/c10-8-11-3-6-7(13-8)14(9(15)12-6)5-1-2-16-4-5/h3,5H,1-2,4H2,(H,12,15). The fraction of sp³-hybridized carbons (Fsp3) is 0.444. The Morgan fingerprint density at radius 3 is 3.25 bits per heavy atom. The quantitative estimate of drug-likeness (QED) is 0.746. The van der Waals surface area contributed by atoms with Crippen molar-refractivity contribution in [1.29, 1.82) is 0 Å². The van der Waals surface area contributed by atoms with Crippen LogP contribution < -0.4 is 5.69 Å². The summed E-state index contributed by atoms with van der Waals surface area (Å²) in [4.78, 5) is 22.4. The second kappa shape index (κ2) is 3.57. The van der Waals surface area contributed by atoms with Crippen LogP contribution in [0.4, 0.5) is 0 Å². The Morgan fingerprint density at radius 2 is 2.50 bits per heavy atom. The fourth-order valence-corrected chi connectivity index (χ4v) is 2.09. The van der Waals surface area contributed by atoms with E-state index in [0.29, 0.717) is 24.4 Å². The van der Waals surface area contributed by atoms with E-state index in [0.717, 1.165) is 6.42 Å². The number of H-pyrrole nitrogens is 1. The first-order valence-electron chi connectivity index (χ1n) is 4.96. The molecule has 1 atom stereocenters. The van der Waals surface area contributed by atoms with Crippen LogP contribution in [-0.2, 0) is 4.74 Å². The van der Waals surface area contributed by atoms with E-state index in [4.69, 9.17) is 16.3 Å². The van der Waals surface area contributed by atoms with Crippen molar-refractivity contribution >= 4 is 22.8 Å². The largest absolute Gasteiger partial charge is 0.379 e. The van der Waals surface area contributed by atoms with E-state index in [1.807, 2.05) is 0 Å². The van der Waals surface area contributed by atoms with Crippen molar-refractivity contribution in [1.82, 2.24) is 19.5 Å². The van der Waals surface area contributed by atoms with Crippen molar-refractivity contribution < 1.29 is 4.74 Å². The number of fused-ring (bicyclic) bond motifs is 1. The Hall–Kier alpha value is -1.40. The molecule has 0 spiro atoms. The zero-order chi connectivity index (χ0) is 11.1. The summed E-state index contributed by atoms with van der Waals surface area (Å²) in [5, 5.41) is 0.138. The van der Waals surface area contributed by atoms with Crippen LogP contribution in [-0.4, -0.2) is 32.7 Å². The summed E-state index contributed by atoms with van der Waals surface area (Å²) < 4.78 is 6.86. The molecule has 0 radical (unpaired) electrons. The normalized spacial score (nSPS) is 20.7. The monoisotopic (exact) mass is 240 g/mol. The first-order valence-corrected chi connectivity index (χ1v) is 5.34. The number of aromatic nitrogens is 4. The van der Waals surface area contributed by atoms with Gasteiger partial charge in [0.2, 0.25) is 5.28 Å². The maximum Gasteiger partial charge on any atom is 0.328 e. The smallest absolute Gasteiger partial charge is 0.328 e. The molecule has 0 bridgehead atoms. The minimum absolute atomic E-state index is 0.0345. The van der Waals surface area contributed by atoms with E-state index < -0.39 is 0 Å². The third-order valence-electron chi connectivity index (χ3n) is 2.70. The molecule has 16 heavy (non-hydrogen) atoms. The Bertz CT molecular complexity index is 585. The van der Waals surface area contributed by atoms with Gasteiger partial charge in [-0.15, -0.1) is 0 Å². The minimum atomic E-state index is -0.193. The zero-order valence-electron chi connectivity index (χ0n) is 8.31. The van der Waals surface area contributed by atoms with Crippen LogP contribution >= 0.6 is 11.6 Å². The van der Waals surface area contributed by atoms with Crippen molar-refractivity contribution in [3.05, 3.63) is 22.0 Å². The lowest BCUT2D eigenvalue weighted by Crippen LogP contribution is -2.22. The summed E-state index contributed by atoms with van der Waals surface area (Å²) in [7, 11) is 0. The van der Waals surface area contributed by atoms with Gasteiger partial charge in [-0.05, 0) is 18.0 Å². The van der Waals surface area contributed by atoms with Crippen LogP contribution in [0, 0.1) is 0 Å². The van der Waals surface area contributed by atoms with E-state index in [1.165, 1.54) is 6.20 Å². The van der Waals surface area contributed by atoms with Crippen molar-refractivity contribution in [2.75, 3.05) is 13.2 Å². The van der Waals surface area contributed by atoms with Gasteiger partial charge in [-0.25, -0.2) is 9.78 Å². The molecule has 84 valence electrons. The van der Waals surface area contributed by atoms with Gasteiger partial charge in [0.25, 0.3) is 0 Å². The van der Waals surface area contributed by atoms with Gasteiger partial charge in [0.1, 0.15) is 5.52 Å². The Balaban J connectivity index is 2.25. The molecule has 3 heterocycles. The highest BCUT2D eigenvalue weighted by atomic mass is 35.5. The SMILES string of the molecule is O=c1[nH]c2cnc(Cl)nc2n1C1CCOC1. The van der Waals surface area contributed by atoms with Crippen LogP contribution in [0.1, 0.15) is 12.5 Å². The topological polar surface area (TPSA) is 72.8 Å². The molecule has 2 aromatic heterocycles. The Labute approximate surface area is 95.2 Å². The Morgan fingerprint density at radius 1 is 1.62 bits per heavy atom. The van der Waals surface area contributed by atoms with Crippen molar-refractivity contribution in [2.24, 2.45) is 0 Å². The van der Waals surface area contributed by atoms with Crippen LogP contribution in [0.15, 0.2) is 11.0 Å². The summed E-state index contributed by atoms with van der Waals surface area (Å²) >= 11 is 5.72. The number of nitrogens with zero attached hydrogens (tertiary/aromatic N) is 3. The summed E-state index contributed by atoms with van der Waals surface area (Å²) in [5.74, 6) is 0. The average Bonchev–Trinajstić information content (AvgIpc) is 2.83. The molecule has 3 rings (SSSR count). The molecule has 0 saturated carbocycles. The van der Waals surface area contributed by atoms with E-state index in [9.17, 15) is 4.79 Å². The molecule has 1 aliphatic rings. The average molecular weight is 241 g/mol. The maximum atomic E-state index is 11.8. The molecule has 1 saturated heterocycles. The summed E-state index contributed by atoms with van der Waals surface area (Å²) in [6.07, 6.45) is 2.33. The minimum Gasteiger partial charge on any atom is -0.379 e. The van der Waals surface area contributed by atoms with Gasteiger partial charge in [0.15, 0.2) is 5.65 Å². The van der Waals surface area contributed by atoms with Crippen molar-refractivity contribution in [3.8, 4) is 0 Å². The lowest BCUT2D eigenvalue weighted by atomic mass is 10.2. The molecule has 0 amide bonds. The number of ether oxygens (including phenoxy) is 1. The summed E-state index contributed by atoms with van der Waals surface area (Å²) in [5.41, 5.74) is 0.948. The van der Waals surface area contributed by atoms with Gasteiger partial charge in [0, 0.05) is 6.61 Å². The highest BCUT2D eigenvalue weighted by molar-refractivity contribution is 6.28. The first-order chi connectivity index (χ1) is 7.75. The van der Waals surface area contributed by atoms with Gasteiger partial charge in [0.05, 0.1) is 18.8 Å². The zero-order valence-corrected chi connectivity index (χ0v) is 9.07. The van der Waals surface area contributed by atoms with E-state index in [1.54, 1.807) is 4.57 Å². The molecule has 1 unspecified atom stereocenters. The van der Waals surface area contributed by atoms with Gasteiger partial charge in [-0.3, -0.25) is 4.57 Å². The lowest BCUT2D eigenvalue weighted by molar-refractivity contribution is 0.186. The van der Waals surface area contributed by atoms with E-state index >= 15 is 0 Å². The maximum absolute atomic E-state index is 11.8. The number of hydrogen-bond donors (Lipinski definition) is 1. The molecule has 1 N–H and O–H groups in total. The molecular weight excluding hydrogens is 232 g/mol. The van der Waals surface area contributed by atoms with Gasteiger partial charge < -0.3 is 9.72 Å². The van der Waals surface area contributed by atoms with Crippen LogP contribution in [0.25, 0.3) is 11.2 Å². The molecule has 6 nitrogen and oxygen atoms in total. The van der Waals surface area contributed by atoms with E-state index in [2.05, 4.69) is 15.0 Å². The first kappa shape index (κ1) is 9.80. The van der Waals surface area contributed by atoms with E-state index in [-0.39, 0.29) is 17.0 Å². The second-order valence-electron chi connectivity index (χ2n) is 3.69.